The number of H-pyrrole nitrogens is 1. The van der Waals surface area contributed by atoms with E-state index in [9.17, 15) is 4.79 Å². The van der Waals surface area contributed by atoms with Gasteiger partial charge in [-0.2, -0.15) is 4.98 Å². The van der Waals surface area contributed by atoms with Gasteiger partial charge >= 0.3 is 5.69 Å². The van der Waals surface area contributed by atoms with Crippen molar-refractivity contribution in [2.45, 2.75) is 0 Å². The zero-order chi connectivity index (χ0) is 17.4. The Morgan fingerprint density at radius 1 is 0.840 bits per heavy atom. The molecule has 0 atom stereocenters. The SMILES string of the molecule is Nc1ccc(-c2cc(-c3ccccc3)c3c(N)[nH]c(=O)nc3n2)cc1. The Morgan fingerprint density at radius 3 is 2.28 bits per heavy atom. The summed E-state index contributed by atoms with van der Waals surface area (Å²) >= 11 is 0. The summed E-state index contributed by atoms with van der Waals surface area (Å²) in [7, 11) is 0. The van der Waals surface area contributed by atoms with Crippen molar-refractivity contribution in [3.05, 3.63) is 71.1 Å². The summed E-state index contributed by atoms with van der Waals surface area (Å²) in [5.74, 6) is 0.255. The van der Waals surface area contributed by atoms with Crippen LogP contribution in [-0.2, 0) is 0 Å². The Morgan fingerprint density at radius 2 is 1.56 bits per heavy atom. The lowest BCUT2D eigenvalue weighted by Crippen LogP contribution is -2.14. The molecular weight excluding hydrogens is 314 g/mol. The van der Waals surface area contributed by atoms with Gasteiger partial charge in [-0.15, -0.1) is 0 Å². The fraction of sp³-hybridized carbons (Fsp3) is 0. The second-order valence-corrected chi connectivity index (χ2v) is 5.70. The van der Waals surface area contributed by atoms with E-state index in [-0.39, 0.29) is 5.82 Å². The zero-order valence-corrected chi connectivity index (χ0v) is 13.2. The molecule has 0 bridgehead atoms. The molecule has 0 fully saturated rings. The van der Waals surface area contributed by atoms with Crippen LogP contribution in [0.15, 0.2) is 65.5 Å². The fourth-order valence-electron chi connectivity index (χ4n) is 2.83. The standard InChI is InChI=1S/C19H15N5O/c20-13-8-6-12(7-9-13)15-10-14(11-4-2-1-3-5-11)16-17(21)23-19(25)24-18(16)22-15/h1-10H,20H2,(H3,21,22,23,24,25). The third kappa shape index (κ3) is 2.70. The van der Waals surface area contributed by atoms with Gasteiger partial charge < -0.3 is 11.5 Å². The van der Waals surface area contributed by atoms with Crippen molar-refractivity contribution in [2.24, 2.45) is 0 Å². The van der Waals surface area contributed by atoms with Crippen LogP contribution in [0.4, 0.5) is 11.5 Å². The number of nitrogens with two attached hydrogens (primary N) is 2. The normalized spacial score (nSPS) is 10.9. The van der Waals surface area contributed by atoms with Crippen molar-refractivity contribution in [3.63, 3.8) is 0 Å². The minimum atomic E-state index is -0.522. The number of aromatic nitrogens is 3. The van der Waals surface area contributed by atoms with Crippen LogP contribution in [0.2, 0.25) is 0 Å². The number of benzene rings is 2. The minimum absolute atomic E-state index is 0.255. The lowest BCUT2D eigenvalue weighted by molar-refractivity contribution is 1.10. The van der Waals surface area contributed by atoms with Gasteiger partial charge in [0.1, 0.15) is 5.82 Å². The third-order valence-electron chi connectivity index (χ3n) is 4.01. The number of nitrogen functional groups attached to an aromatic ring is 2. The van der Waals surface area contributed by atoms with Crippen LogP contribution < -0.4 is 17.2 Å². The van der Waals surface area contributed by atoms with Crippen LogP contribution in [0.5, 0.6) is 0 Å². The molecule has 0 unspecified atom stereocenters. The summed E-state index contributed by atoms with van der Waals surface area (Å²) in [4.78, 5) is 22.8. The Balaban J connectivity index is 2.07. The lowest BCUT2D eigenvalue weighted by atomic mass is 10.00. The van der Waals surface area contributed by atoms with Gasteiger partial charge in [0, 0.05) is 11.3 Å². The zero-order valence-electron chi connectivity index (χ0n) is 13.2. The first-order valence-corrected chi connectivity index (χ1v) is 7.74. The summed E-state index contributed by atoms with van der Waals surface area (Å²) in [6.07, 6.45) is 0. The molecule has 0 saturated carbocycles. The molecule has 2 aromatic heterocycles. The smallest absolute Gasteiger partial charge is 0.348 e. The van der Waals surface area contributed by atoms with Gasteiger partial charge in [0.15, 0.2) is 5.65 Å². The van der Waals surface area contributed by atoms with Crippen molar-refractivity contribution in [2.75, 3.05) is 11.5 Å². The number of nitrogens with one attached hydrogen (secondary N) is 1. The van der Waals surface area contributed by atoms with Gasteiger partial charge in [0.25, 0.3) is 0 Å². The molecule has 0 aliphatic carbocycles. The first-order chi connectivity index (χ1) is 12.1. The van der Waals surface area contributed by atoms with E-state index in [4.69, 9.17) is 11.5 Å². The van der Waals surface area contributed by atoms with Gasteiger partial charge in [-0.1, -0.05) is 42.5 Å². The number of hydrogen-bond donors (Lipinski definition) is 3. The minimum Gasteiger partial charge on any atom is -0.399 e. The van der Waals surface area contributed by atoms with Gasteiger partial charge in [-0.3, -0.25) is 4.98 Å². The quantitative estimate of drug-likeness (QED) is 0.490. The molecule has 25 heavy (non-hydrogen) atoms. The lowest BCUT2D eigenvalue weighted by Gasteiger charge is -2.11. The number of hydrogen-bond acceptors (Lipinski definition) is 5. The van der Waals surface area contributed by atoms with Crippen LogP contribution >= 0.6 is 0 Å². The molecule has 0 saturated heterocycles. The van der Waals surface area contributed by atoms with E-state index in [1.54, 1.807) is 0 Å². The molecule has 6 nitrogen and oxygen atoms in total. The molecule has 6 heteroatoms. The second kappa shape index (κ2) is 5.76. The van der Waals surface area contributed by atoms with Gasteiger partial charge in [0.05, 0.1) is 11.1 Å². The highest BCUT2D eigenvalue weighted by Crippen LogP contribution is 2.33. The molecule has 122 valence electrons. The van der Waals surface area contributed by atoms with Gasteiger partial charge in [-0.25, -0.2) is 9.78 Å². The Kier molecular flexibility index (Phi) is 3.43. The maximum atomic E-state index is 11.7. The number of pyridine rings is 1. The van der Waals surface area contributed by atoms with Crippen molar-refractivity contribution in [1.29, 1.82) is 0 Å². The van der Waals surface area contributed by atoms with Gasteiger partial charge in [-0.05, 0) is 29.3 Å². The molecule has 0 aliphatic rings. The number of anilines is 2. The van der Waals surface area contributed by atoms with Gasteiger partial charge in [0.2, 0.25) is 0 Å². The molecule has 2 aromatic carbocycles. The first kappa shape index (κ1) is 14.9. The molecule has 4 aromatic rings. The van der Waals surface area contributed by atoms with Crippen molar-refractivity contribution in [3.8, 4) is 22.4 Å². The van der Waals surface area contributed by atoms with Crippen LogP contribution in [0.3, 0.4) is 0 Å². The van der Waals surface area contributed by atoms with E-state index in [2.05, 4.69) is 15.0 Å². The fourth-order valence-corrected chi connectivity index (χ4v) is 2.83. The van der Waals surface area contributed by atoms with E-state index >= 15 is 0 Å². The van der Waals surface area contributed by atoms with E-state index in [0.717, 1.165) is 16.7 Å². The monoisotopic (exact) mass is 329 g/mol. The van der Waals surface area contributed by atoms with Crippen LogP contribution in [0.25, 0.3) is 33.4 Å². The third-order valence-corrected chi connectivity index (χ3v) is 4.01. The number of rotatable bonds is 2. The van der Waals surface area contributed by atoms with E-state index < -0.39 is 5.69 Å². The van der Waals surface area contributed by atoms with Crippen molar-refractivity contribution < 1.29 is 0 Å². The maximum absolute atomic E-state index is 11.7. The molecule has 0 radical (unpaired) electrons. The number of nitrogens with zero attached hydrogens (tertiary/aromatic N) is 2. The van der Waals surface area contributed by atoms with E-state index in [1.807, 2.05) is 60.7 Å². The molecule has 5 N–H and O–H groups in total. The highest BCUT2D eigenvalue weighted by molar-refractivity contribution is 6.00. The highest BCUT2D eigenvalue weighted by atomic mass is 16.1. The Labute approximate surface area is 143 Å². The van der Waals surface area contributed by atoms with Crippen LogP contribution in [0, 0.1) is 0 Å². The van der Waals surface area contributed by atoms with E-state index in [0.29, 0.717) is 22.4 Å². The van der Waals surface area contributed by atoms with Crippen molar-refractivity contribution in [1.82, 2.24) is 15.0 Å². The van der Waals surface area contributed by atoms with Crippen molar-refractivity contribution >= 4 is 22.5 Å². The number of fused-ring (bicyclic) bond motifs is 1. The second-order valence-electron chi connectivity index (χ2n) is 5.70. The Hall–Kier alpha value is -3.67. The molecule has 0 spiro atoms. The summed E-state index contributed by atoms with van der Waals surface area (Å²) < 4.78 is 0. The molecule has 0 aliphatic heterocycles. The summed E-state index contributed by atoms with van der Waals surface area (Å²) in [6.45, 7) is 0. The first-order valence-electron chi connectivity index (χ1n) is 7.74. The largest absolute Gasteiger partial charge is 0.399 e. The molecular formula is C19H15N5O. The van der Waals surface area contributed by atoms with E-state index in [1.165, 1.54) is 0 Å². The summed E-state index contributed by atoms with van der Waals surface area (Å²) in [6, 6.07) is 19.1. The Bertz CT molecular complexity index is 1120. The molecule has 0 amide bonds. The summed E-state index contributed by atoms with van der Waals surface area (Å²) in [5.41, 5.74) is 15.7. The average molecular weight is 329 g/mol. The topological polar surface area (TPSA) is 111 Å². The predicted octanol–water partition coefficient (Wildman–Crippen LogP) is 2.82. The number of aromatic amines is 1. The molecule has 4 rings (SSSR count). The predicted molar refractivity (Wildman–Crippen MR) is 99.9 cm³/mol. The van der Waals surface area contributed by atoms with Crippen LogP contribution in [-0.4, -0.2) is 15.0 Å². The summed E-state index contributed by atoms with van der Waals surface area (Å²) in [5, 5.41) is 0.630. The molecule has 2 heterocycles. The average Bonchev–Trinajstić information content (AvgIpc) is 2.62. The highest BCUT2D eigenvalue weighted by Gasteiger charge is 2.14. The maximum Gasteiger partial charge on any atom is 0.348 e. The van der Waals surface area contributed by atoms with Crippen LogP contribution in [0.1, 0.15) is 0 Å².